The van der Waals surface area contributed by atoms with Crippen LogP contribution in [0, 0.1) is 0 Å². The highest BCUT2D eigenvalue weighted by atomic mass is 16.4. The van der Waals surface area contributed by atoms with Gasteiger partial charge in [-0.25, -0.2) is 9.78 Å². The largest absolute Gasteiger partial charge is 0.478 e. The number of aromatic carboxylic acids is 1. The van der Waals surface area contributed by atoms with Crippen molar-refractivity contribution >= 4 is 17.0 Å². The molecule has 1 fully saturated rings. The van der Waals surface area contributed by atoms with E-state index >= 15 is 0 Å². The van der Waals surface area contributed by atoms with Crippen molar-refractivity contribution < 1.29 is 14.3 Å². The SMILES string of the molecule is O=C(O)c1cccc2nc(C3CC3)n(Cc3ccco3)c12. The first-order chi connectivity index (χ1) is 10.2. The van der Waals surface area contributed by atoms with Crippen molar-refractivity contribution in [1.29, 1.82) is 0 Å². The quantitative estimate of drug-likeness (QED) is 0.797. The van der Waals surface area contributed by atoms with Crippen molar-refractivity contribution in [2.45, 2.75) is 25.3 Å². The maximum atomic E-state index is 11.5. The Morgan fingerprint density at radius 1 is 1.33 bits per heavy atom. The number of hydrogen-bond donors (Lipinski definition) is 1. The van der Waals surface area contributed by atoms with Crippen LogP contribution in [0.3, 0.4) is 0 Å². The van der Waals surface area contributed by atoms with E-state index in [1.807, 2.05) is 22.8 Å². The van der Waals surface area contributed by atoms with Crippen LogP contribution in [0.1, 0.15) is 40.7 Å². The standard InChI is InChI=1S/C16H14N2O3/c19-16(20)12-4-1-5-13-14(12)18(9-11-3-2-8-21-11)15(17-13)10-6-7-10/h1-5,8,10H,6-7,9H2,(H,19,20). The molecule has 2 heterocycles. The normalized spacial score (nSPS) is 14.7. The first-order valence-electron chi connectivity index (χ1n) is 6.99. The molecular formula is C16H14N2O3. The lowest BCUT2D eigenvalue weighted by Crippen LogP contribution is -2.07. The third kappa shape index (κ3) is 2.01. The fraction of sp³-hybridized carbons (Fsp3) is 0.250. The molecule has 5 heteroatoms. The first kappa shape index (κ1) is 12.2. The maximum absolute atomic E-state index is 11.5. The maximum Gasteiger partial charge on any atom is 0.337 e. The van der Waals surface area contributed by atoms with Gasteiger partial charge in [-0.1, -0.05) is 6.07 Å². The number of carbonyl (C=O) groups is 1. The van der Waals surface area contributed by atoms with Gasteiger partial charge in [-0.15, -0.1) is 0 Å². The Hall–Kier alpha value is -2.56. The Kier molecular flexibility index (Phi) is 2.60. The lowest BCUT2D eigenvalue weighted by Gasteiger charge is -2.08. The first-order valence-corrected chi connectivity index (χ1v) is 6.99. The predicted octanol–water partition coefficient (Wildman–Crippen LogP) is 3.25. The molecule has 0 spiro atoms. The van der Waals surface area contributed by atoms with Crippen LogP contribution in [0.5, 0.6) is 0 Å². The number of rotatable bonds is 4. The highest BCUT2D eigenvalue weighted by molar-refractivity contribution is 6.01. The summed E-state index contributed by atoms with van der Waals surface area (Å²) in [4.78, 5) is 16.2. The van der Waals surface area contributed by atoms with Crippen LogP contribution in [0.2, 0.25) is 0 Å². The molecule has 1 aliphatic rings. The zero-order chi connectivity index (χ0) is 14.4. The molecule has 3 aromatic rings. The Balaban J connectivity index is 1.95. The number of furan rings is 1. The van der Waals surface area contributed by atoms with Crippen LogP contribution in [0.4, 0.5) is 0 Å². The monoisotopic (exact) mass is 282 g/mol. The lowest BCUT2D eigenvalue weighted by atomic mass is 10.2. The van der Waals surface area contributed by atoms with E-state index in [9.17, 15) is 9.90 Å². The van der Waals surface area contributed by atoms with Gasteiger partial charge in [-0.2, -0.15) is 0 Å². The molecule has 0 bridgehead atoms. The molecule has 0 atom stereocenters. The summed E-state index contributed by atoms with van der Waals surface area (Å²) in [6.07, 6.45) is 3.86. The number of para-hydroxylation sites is 1. The Morgan fingerprint density at radius 3 is 2.86 bits per heavy atom. The van der Waals surface area contributed by atoms with E-state index in [1.54, 1.807) is 18.4 Å². The third-order valence-corrected chi connectivity index (χ3v) is 3.86. The molecule has 0 saturated heterocycles. The molecule has 5 nitrogen and oxygen atoms in total. The Morgan fingerprint density at radius 2 is 2.19 bits per heavy atom. The molecule has 0 unspecified atom stereocenters. The second-order valence-electron chi connectivity index (χ2n) is 5.39. The van der Waals surface area contributed by atoms with E-state index in [-0.39, 0.29) is 0 Å². The minimum absolute atomic E-state index is 0.290. The summed E-state index contributed by atoms with van der Waals surface area (Å²) in [5.74, 6) is 1.28. The summed E-state index contributed by atoms with van der Waals surface area (Å²) in [6, 6.07) is 8.97. The van der Waals surface area contributed by atoms with Gasteiger partial charge < -0.3 is 14.1 Å². The molecule has 1 saturated carbocycles. The van der Waals surface area contributed by atoms with Gasteiger partial charge in [0.25, 0.3) is 0 Å². The summed E-state index contributed by atoms with van der Waals surface area (Å²) >= 11 is 0. The number of hydrogen-bond acceptors (Lipinski definition) is 3. The van der Waals surface area contributed by atoms with Gasteiger partial charge in [0.1, 0.15) is 11.6 Å². The number of nitrogens with zero attached hydrogens (tertiary/aromatic N) is 2. The van der Waals surface area contributed by atoms with Gasteiger partial charge >= 0.3 is 5.97 Å². The molecule has 0 radical (unpaired) electrons. The van der Waals surface area contributed by atoms with E-state index in [0.29, 0.717) is 23.5 Å². The van der Waals surface area contributed by atoms with Crippen LogP contribution in [-0.4, -0.2) is 20.6 Å². The summed E-state index contributed by atoms with van der Waals surface area (Å²) < 4.78 is 7.41. The zero-order valence-corrected chi connectivity index (χ0v) is 11.3. The van der Waals surface area contributed by atoms with E-state index in [2.05, 4.69) is 4.98 Å². The highest BCUT2D eigenvalue weighted by Crippen LogP contribution is 2.41. The molecular weight excluding hydrogens is 268 g/mol. The van der Waals surface area contributed by atoms with Crippen molar-refractivity contribution in [3.05, 3.63) is 53.7 Å². The second-order valence-corrected chi connectivity index (χ2v) is 5.39. The molecule has 21 heavy (non-hydrogen) atoms. The highest BCUT2D eigenvalue weighted by Gasteiger charge is 2.31. The average molecular weight is 282 g/mol. The van der Waals surface area contributed by atoms with Gasteiger partial charge in [-0.05, 0) is 37.1 Å². The molecule has 1 aliphatic carbocycles. The van der Waals surface area contributed by atoms with Gasteiger partial charge in [0.15, 0.2) is 0 Å². The number of aromatic nitrogens is 2. The van der Waals surface area contributed by atoms with Crippen LogP contribution in [0.15, 0.2) is 41.0 Å². The molecule has 4 rings (SSSR count). The van der Waals surface area contributed by atoms with Crippen LogP contribution < -0.4 is 0 Å². The number of carboxylic acid groups (broad SMARTS) is 1. The van der Waals surface area contributed by atoms with E-state index in [4.69, 9.17) is 4.42 Å². The molecule has 0 aliphatic heterocycles. The Labute approximate surface area is 120 Å². The molecule has 0 amide bonds. The van der Waals surface area contributed by atoms with Gasteiger partial charge in [-0.3, -0.25) is 0 Å². The smallest absolute Gasteiger partial charge is 0.337 e. The van der Waals surface area contributed by atoms with Crippen LogP contribution in [-0.2, 0) is 6.54 Å². The van der Waals surface area contributed by atoms with Crippen LogP contribution in [0.25, 0.3) is 11.0 Å². The summed E-state index contributed by atoms with van der Waals surface area (Å²) in [7, 11) is 0. The van der Waals surface area contributed by atoms with Gasteiger partial charge in [0, 0.05) is 5.92 Å². The Bertz CT molecular complexity index is 814. The second kappa shape index (κ2) is 4.48. The fourth-order valence-corrected chi connectivity index (χ4v) is 2.75. The molecule has 1 N–H and O–H groups in total. The number of benzene rings is 1. The fourth-order valence-electron chi connectivity index (χ4n) is 2.75. The summed E-state index contributed by atoms with van der Waals surface area (Å²) in [5, 5.41) is 9.43. The predicted molar refractivity (Wildman–Crippen MR) is 76.5 cm³/mol. The van der Waals surface area contributed by atoms with E-state index < -0.39 is 5.97 Å². The van der Waals surface area contributed by atoms with Gasteiger partial charge in [0.05, 0.1) is 29.4 Å². The van der Waals surface area contributed by atoms with Crippen molar-refractivity contribution in [3.8, 4) is 0 Å². The van der Waals surface area contributed by atoms with Crippen molar-refractivity contribution in [1.82, 2.24) is 9.55 Å². The molecule has 1 aromatic carbocycles. The molecule has 106 valence electrons. The van der Waals surface area contributed by atoms with E-state index in [1.165, 1.54) is 0 Å². The molecule has 2 aromatic heterocycles. The van der Waals surface area contributed by atoms with E-state index in [0.717, 1.165) is 29.9 Å². The van der Waals surface area contributed by atoms with Crippen molar-refractivity contribution in [2.75, 3.05) is 0 Å². The third-order valence-electron chi connectivity index (χ3n) is 3.86. The average Bonchev–Trinajstić information content (AvgIpc) is 3.07. The summed E-state index contributed by atoms with van der Waals surface area (Å²) in [5.41, 5.74) is 1.71. The lowest BCUT2D eigenvalue weighted by molar-refractivity contribution is 0.0698. The minimum Gasteiger partial charge on any atom is -0.478 e. The minimum atomic E-state index is -0.927. The van der Waals surface area contributed by atoms with Gasteiger partial charge in [0.2, 0.25) is 0 Å². The zero-order valence-electron chi connectivity index (χ0n) is 11.3. The van der Waals surface area contributed by atoms with Crippen molar-refractivity contribution in [2.24, 2.45) is 0 Å². The van der Waals surface area contributed by atoms with Crippen molar-refractivity contribution in [3.63, 3.8) is 0 Å². The number of imidazole rings is 1. The number of carboxylic acids is 1. The topological polar surface area (TPSA) is 68.3 Å². The van der Waals surface area contributed by atoms with Crippen LogP contribution >= 0.6 is 0 Å². The number of fused-ring (bicyclic) bond motifs is 1. The summed E-state index contributed by atoms with van der Waals surface area (Å²) in [6.45, 7) is 0.514.